The summed E-state index contributed by atoms with van der Waals surface area (Å²) in [5.74, 6) is -0.833. The highest BCUT2D eigenvalue weighted by Crippen LogP contribution is 2.54. The Morgan fingerprint density at radius 2 is 0.838 bits per heavy atom. The lowest BCUT2D eigenvalue weighted by Gasteiger charge is -2.31. The van der Waals surface area contributed by atoms with Crippen molar-refractivity contribution >= 4 is 90.0 Å². The van der Waals surface area contributed by atoms with E-state index < -0.39 is 11.9 Å². The summed E-state index contributed by atoms with van der Waals surface area (Å²) in [6.45, 7) is 6.31. The van der Waals surface area contributed by atoms with Gasteiger partial charge in [0.25, 0.3) is 0 Å². The highest BCUT2D eigenvalue weighted by molar-refractivity contribution is 9.09. The van der Waals surface area contributed by atoms with Gasteiger partial charge in [0.2, 0.25) is 11.6 Å². The zero-order chi connectivity index (χ0) is 48.6. The molecular formula is C56H50Br2Cl2N2O6. The minimum atomic E-state index is -0.591. The van der Waals surface area contributed by atoms with Crippen molar-refractivity contribution in [2.75, 3.05) is 22.4 Å². The number of hydrogen-bond acceptors (Lipinski definition) is 8. The summed E-state index contributed by atoms with van der Waals surface area (Å²) in [7, 11) is 0. The van der Waals surface area contributed by atoms with Crippen molar-refractivity contribution in [3.05, 3.63) is 189 Å². The molecule has 0 saturated carbocycles. The number of benzene rings is 6. The number of halogens is 4. The van der Waals surface area contributed by atoms with Gasteiger partial charge in [0.05, 0.1) is 0 Å². The number of Topliss-reactive ketones (excluding diaryl/α,β-unsaturated/α-hetero) is 2. The van der Waals surface area contributed by atoms with Crippen LogP contribution in [0.1, 0.15) is 105 Å². The van der Waals surface area contributed by atoms with Crippen molar-refractivity contribution < 1.29 is 28.9 Å². The number of carbonyl (C=O) groups is 4. The van der Waals surface area contributed by atoms with Crippen LogP contribution in [0.5, 0.6) is 0 Å². The van der Waals surface area contributed by atoms with E-state index in [1.807, 2.05) is 98.8 Å². The molecule has 0 spiro atoms. The third-order valence-electron chi connectivity index (χ3n) is 12.9. The molecule has 2 aliphatic carbocycles. The number of fused-ring (bicyclic) bond motifs is 6. The van der Waals surface area contributed by atoms with E-state index in [1.165, 1.54) is 30.5 Å². The first-order chi connectivity index (χ1) is 32.8. The number of carbonyl (C=O) groups excluding carboxylic acids is 4. The number of aryl methyl sites for hydroxylation is 2. The van der Waals surface area contributed by atoms with Crippen molar-refractivity contribution in [2.24, 2.45) is 10.3 Å². The molecule has 6 aromatic carbocycles. The molecule has 0 heterocycles. The van der Waals surface area contributed by atoms with Gasteiger partial charge >= 0.3 is 11.9 Å². The third kappa shape index (κ3) is 9.97. The largest absolute Gasteiger partial charge is 0.332 e. The van der Waals surface area contributed by atoms with Crippen LogP contribution < -0.4 is 0 Å². The molecule has 8 rings (SSSR count). The Bertz CT molecular complexity index is 2750. The van der Waals surface area contributed by atoms with Crippen LogP contribution in [0.2, 0.25) is 0 Å². The lowest BCUT2D eigenvalue weighted by atomic mass is 9.73. The molecule has 0 saturated heterocycles. The number of ketones is 2. The van der Waals surface area contributed by atoms with Gasteiger partial charge in [0, 0.05) is 69.4 Å². The van der Waals surface area contributed by atoms with E-state index in [4.69, 9.17) is 32.9 Å². The van der Waals surface area contributed by atoms with Gasteiger partial charge in [-0.3, -0.25) is 9.59 Å². The fraction of sp³-hybridized carbons (Fsp3) is 0.250. The van der Waals surface area contributed by atoms with E-state index in [1.54, 1.807) is 12.1 Å². The van der Waals surface area contributed by atoms with Gasteiger partial charge in [-0.1, -0.05) is 163 Å². The van der Waals surface area contributed by atoms with Crippen LogP contribution in [0.25, 0.3) is 22.3 Å². The number of nitrogens with zero attached hydrogens (tertiary/aromatic N) is 2. The van der Waals surface area contributed by atoms with Crippen LogP contribution in [0.4, 0.5) is 0 Å². The first-order valence-corrected chi connectivity index (χ1v) is 25.6. The maximum absolute atomic E-state index is 13.8. The summed E-state index contributed by atoms with van der Waals surface area (Å²) >= 11 is 19.9. The van der Waals surface area contributed by atoms with Crippen molar-refractivity contribution in [3.63, 3.8) is 0 Å². The standard InChI is InChI=1S/C28H25Br2NO3.C28H25Cl2NO3/c2*1-18-7-3-4-8-21(18)26(31-34-19(2)32)27(33)20-11-12-23-22-9-5-6-10-24(22)28(13-15-29,14-16-30)25(23)17-20/h2*3-12,17H,13-16H2,1-2H3/b2*31-26+. The van der Waals surface area contributed by atoms with Crippen LogP contribution in [0.3, 0.4) is 0 Å². The molecule has 0 fully saturated rings. The number of alkyl halides is 4. The lowest BCUT2D eigenvalue weighted by Crippen LogP contribution is -2.27. The van der Waals surface area contributed by atoms with Crippen LogP contribution in [0, 0.1) is 13.8 Å². The molecule has 348 valence electrons. The molecule has 0 atom stereocenters. The molecule has 0 N–H and O–H groups in total. The Morgan fingerprint density at radius 1 is 0.485 bits per heavy atom. The summed E-state index contributed by atoms with van der Waals surface area (Å²) in [5.41, 5.74) is 12.9. The Labute approximate surface area is 424 Å². The molecule has 12 heteroatoms. The minimum Gasteiger partial charge on any atom is -0.318 e. The third-order valence-corrected chi connectivity index (χ3v) is 14.1. The highest BCUT2D eigenvalue weighted by atomic mass is 79.9. The molecule has 0 aliphatic heterocycles. The molecule has 6 aromatic rings. The van der Waals surface area contributed by atoms with Gasteiger partial charge < -0.3 is 9.68 Å². The summed E-state index contributed by atoms with van der Waals surface area (Å²) in [6.07, 6.45) is 3.23. The summed E-state index contributed by atoms with van der Waals surface area (Å²) in [6, 6.07) is 43.2. The Morgan fingerprint density at radius 3 is 1.21 bits per heavy atom. The molecule has 0 unspecified atom stereocenters. The smallest absolute Gasteiger partial charge is 0.318 e. The van der Waals surface area contributed by atoms with Gasteiger partial charge in [0.1, 0.15) is 0 Å². The van der Waals surface area contributed by atoms with E-state index in [2.05, 4.69) is 78.6 Å². The first-order valence-electron chi connectivity index (χ1n) is 22.3. The quantitative estimate of drug-likeness (QED) is 0.0314. The maximum atomic E-state index is 13.8. The number of hydrogen-bond donors (Lipinski definition) is 0. The predicted octanol–water partition coefficient (Wildman–Crippen LogP) is 13.7. The molecule has 0 amide bonds. The predicted molar refractivity (Wildman–Crippen MR) is 280 cm³/mol. The monoisotopic (exact) mass is 1070 g/mol. The second-order valence-corrected chi connectivity index (χ2v) is 19.2. The average Bonchev–Trinajstić information content (AvgIpc) is 3.76. The van der Waals surface area contributed by atoms with E-state index in [-0.39, 0.29) is 33.8 Å². The molecule has 0 radical (unpaired) electrons. The highest BCUT2D eigenvalue weighted by Gasteiger charge is 2.44. The topological polar surface area (TPSA) is 111 Å². The number of rotatable bonds is 16. The Kier molecular flexibility index (Phi) is 16.5. The minimum absolute atomic E-state index is 0.0871. The summed E-state index contributed by atoms with van der Waals surface area (Å²) in [4.78, 5) is 60.3. The van der Waals surface area contributed by atoms with E-state index in [0.717, 1.165) is 62.4 Å². The Hall–Kier alpha value is -5.52. The van der Waals surface area contributed by atoms with Crippen LogP contribution in [-0.2, 0) is 30.1 Å². The molecule has 68 heavy (non-hydrogen) atoms. The summed E-state index contributed by atoms with van der Waals surface area (Å²) in [5, 5.41) is 9.61. The Balaban J connectivity index is 0.000000201. The van der Waals surface area contributed by atoms with E-state index >= 15 is 0 Å². The maximum Gasteiger partial charge on any atom is 0.332 e. The van der Waals surface area contributed by atoms with Crippen LogP contribution in [-0.4, -0.2) is 57.3 Å². The fourth-order valence-electron chi connectivity index (χ4n) is 9.76. The van der Waals surface area contributed by atoms with Crippen molar-refractivity contribution in [1.82, 2.24) is 0 Å². The van der Waals surface area contributed by atoms with Crippen LogP contribution >= 0.6 is 55.1 Å². The van der Waals surface area contributed by atoms with E-state index in [9.17, 15) is 19.2 Å². The molecule has 8 nitrogen and oxygen atoms in total. The molecular weight excluding hydrogens is 1030 g/mol. The first kappa shape index (κ1) is 50.4. The normalized spacial score (nSPS) is 13.8. The number of oxime groups is 2. The van der Waals surface area contributed by atoms with Gasteiger partial charge in [-0.05, 0) is 107 Å². The zero-order valence-corrected chi connectivity index (χ0v) is 42.9. The molecule has 0 bridgehead atoms. The van der Waals surface area contributed by atoms with Crippen molar-refractivity contribution in [3.8, 4) is 22.3 Å². The lowest BCUT2D eigenvalue weighted by molar-refractivity contribution is -0.141. The SMILES string of the molecule is CC(=O)O/N=C(/C(=O)c1ccc2c(c1)C(CCBr)(CCBr)c1ccccc1-2)c1ccccc1C.CC(=O)O/N=C(/C(=O)c1ccc2c(c1)C(CCCl)(CCCl)c1ccccc1-2)c1ccccc1C. The van der Waals surface area contributed by atoms with E-state index in [0.29, 0.717) is 46.9 Å². The van der Waals surface area contributed by atoms with Gasteiger partial charge in [-0.15, -0.1) is 23.2 Å². The van der Waals surface area contributed by atoms with Crippen molar-refractivity contribution in [2.45, 2.75) is 64.2 Å². The van der Waals surface area contributed by atoms with Gasteiger partial charge in [0.15, 0.2) is 11.4 Å². The fourth-order valence-corrected chi connectivity index (χ4v) is 11.8. The van der Waals surface area contributed by atoms with Crippen LogP contribution in [0.15, 0.2) is 144 Å². The summed E-state index contributed by atoms with van der Waals surface area (Å²) < 4.78 is 0. The average molecular weight is 1080 g/mol. The van der Waals surface area contributed by atoms with Gasteiger partial charge in [-0.25, -0.2) is 9.59 Å². The second-order valence-electron chi connectivity index (χ2n) is 16.9. The zero-order valence-electron chi connectivity index (χ0n) is 38.2. The molecule has 2 aliphatic rings. The van der Waals surface area contributed by atoms with Gasteiger partial charge in [-0.2, -0.15) is 0 Å². The second kappa shape index (κ2) is 22.3. The van der Waals surface area contributed by atoms with Crippen molar-refractivity contribution in [1.29, 1.82) is 0 Å². The molecule has 0 aromatic heterocycles.